The van der Waals surface area contributed by atoms with Gasteiger partial charge in [-0.2, -0.15) is 0 Å². The predicted molar refractivity (Wildman–Crippen MR) is 116 cm³/mol. The van der Waals surface area contributed by atoms with Crippen molar-refractivity contribution in [2.45, 2.75) is 69.6 Å². The summed E-state index contributed by atoms with van der Waals surface area (Å²) >= 11 is 1.69. The molecule has 160 valence electrons. The molecule has 1 aliphatic carbocycles. The minimum absolute atomic E-state index is 0.579. The van der Waals surface area contributed by atoms with Crippen molar-refractivity contribution in [3.05, 3.63) is 18.0 Å². The van der Waals surface area contributed by atoms with Crippen molar-refractivity contribution in [1.82, 2.24) is 40.2 Å². The molecule has 2 aromatic rings. The SMILES string of the molecule is CCc1nncn1CCNC(=NC)NCCCc1nnc(SC)n1C1CCCC1. The zero-order valence-electron chi connectivity index (χ0n) is 17.8. The number of aryl methyl sites for hydroxylation is 2. The van der Waals surface area contributed by atoms with Gasteiger partial charge < -0.3 is 19.8 Å². The van der Waals surface area contributed by atoms with E-state index >= 15 is 0 Å². The third-order valence-corrected chi connectivity index (χ3v) is 6.00. The van der Waals surface area contributed by atoms with E-state index in [4.69, 9.17) is 0 Å². The predicted octanol–water partition coefficient (Wildman–Crippen LogP) is 2.07. The average Bonchev–Trinajstić information content (AvgIpc) is 3.49. The van der Waals surface area contributed by atoms with Gasteiger partial charge in [0.05, 0.1) is 0 Å². The van der Waals surface area contributed by atoms with Crippen LogP contribution in [0.5, 0.6) is 0 Å². The molecule has 3 rings (SSSR count). The van der Waals surface area contributed by atoms with Gasteiger partial charge in [0.25, 0.3) is 0 Å². The van der Waals surface area contributed by atoms with Gasteiger partial charge in [-0.25, -0.2) is 0 Å². The van der Waals surface area contributed by atoms with Crippen LogP contribution < -0.4 is 10.6 Å². The topological polar surface area (TPSA) is 97.8 Å². The van der Waals surface area contributed by atoms with Gasteiger partial charge in [-0.1, -0.05) is 31.5 Å². The fourth-order valence-electron chi connectivity index (χ4n) is 3.85. The molecular weight excluding hydrogens is 386 g/mol. The number of guanidine groups is 1. The molecule has 1 fully saturated rings. The molecular formula is C19H33N9S. The summed E-state index contributed by atoms with van der Waals surface area (Å²) in [5, 5.41) is 24.7. The minimum Gasteiger partial charge on any atom is -0.356 e. The minimum atomic E-state index is 0.579. The molecule has 0 bridgehead atoms. The van der Waals surface area contributed by atoms with E-state index in [-0.39, 0.29) is 0 Å². The van der Waals surface area contributed by atoms with Gasteiger partial charge in [0.1, 0.15) is 18.0 Å². The average molecular weight is 420 g/mol. The van der Waals surface area contributed by atoms with E-state index in [2.05, 4.69) is 58.3 Å². The first kappa shape index (κ1) is 21.6. The highest BCUT2D eigenvalue weighted by Crippen LogP contribution is 2.33. The van der Waals surface area contributed by atoms with E-state index in [9.17, 15) is 0 Å². The summed E-state index contributed by atoms with van der Waals surface area (Å²) in [6.45, 7) is 4.53. The van der Waals surface area contributed by atoms with Crippen LogP contribution >= 0.6 is 11.8 Å². The van der Waals surface area contributed by atoms with Crippen molar-refractivity contribution in [3.63, 3.8) is 0 Å². The zero-order chi connectivity index (χ0) is 20.5. The maximum absolute atomic E-state index is 4.47. The van der Waals surface area contributed by atoms with Crippen LogP contribution in [0.4, 0.5) is 0 Å². The lowest BCUT2D eigenvalue weighted by atomic mass is 10.2. The highest BCUT2D eigenvalue weighted by molar-refractivity contribution is 7.98. The summed E-state index contributed by atoms with van der Waals surface area (Å²) in [6, 6.07) is 0.579. The van der Waals surface area contributed by atoms with Crippen LogP contribution in [0.3, 0.4) is 0 Å². The van der Waals surface area contributed by atoms with Gasteiger partial charge in [0, 0.05) is 45.6 Å². The molecule has 0 saturated heterocycles. The molecule has 1 saturated carbocycles. The number of aromatic nitrogens is 6. The maximum atomic E-state index is 4.47. The van der Waals surface area contributed by atoms with Gasteiger partial charge in [-0.3, -0.25) is 4.99 Å². The van der Waals surface area contributed by atoms with E-state index in [1.807, 2.05) is 0 Å². The Labute approximate surface area is 177 Å². The van der Waals surface area contributed by atoms with E-state index in [0.29, 0.717) is 6.04 Å². The molecule has 2 N–H and O–H groups in total. The largest absolute Gasteiger partial charge is 0.356 e. The molecule has 0 aromatic carbocycles. The molecule has 0 radical (unpaired) electrons. The Morgan fingerprint density at radius 3 is 2.69 bits per heavy atom. The molecule has 10 heteroatoms. The summed E-state index contributed by atoms with van der Waals surface area (Å²) < 4.78 is 4.45. The van der Waals surface area contributed by atoms with Gasteiger partial charge in [0.2, 0.25) is 0 Å². The lowest BCUT2D eigenvalue weighted by molar-refractivity contribution is 0.460. The fourth-order valence-corrected chi connectivity index (χ4v) is 4.43. The molecule has 0 unspecified atom stereocenters. The number of hydrogen-bond donors (Lipinski definition) is 2. The van der Waals surface area contributed by atoms with Crippen molar-refractivity contribution >= 4 is 17.7 Å². The summed E-state index contributed by atoms with van der Waals surface area (Å²) in [7, 11) is 1.80. The standard InChI is InChI=1S/C19H33N9S/c1-4-16-24-23-14-27(16)13-12-22-18(20-2)21-11-7-10-17-25-26-19(29-3)28(17)15-8-5-6-9-15/h14-15H,4-13H2,1-3H3,(H2,20,21,22). The number of nitrogens with zero attached hydrogens (tertiary/aromatic N) is 7. The number of aliphatic imine (C=N–C) groups is 1. The van der Waals surface area contributed by atoms with Crippen molar-refractivity contribution in [1.29, 1.82) is 0 Å². The van der Waals surface area contributed by atoms with Crippen LogP contribution in [-0.4, -0.2) is 61.9 Å². The first-order valence-corrected chi connectivity index (χ1v) is 11.8. The fraction of sp³-hybridized carbons (Fsp3) is 0.737. The Morgan fingerprint density at radius 2 is 1.97 bits per heavy atom. The van der Waals surface area contributed by atoms with Gasteiger partial charge >= 0.3 is 0 Å². The third-order valence-electron chi connectivity index (χ3n) is 5.36. The molecule has 2 heterocycles. The molecule has 0 atom stereocenters. The summed E-state index contributed by atoms with van der Waals surface area (Å²) in [4.78, 5) is 4.31. The number of thioether (sulfide) groups is 1. The van der Waals surface area contributed by atoms with Crippen LogP contribution in [0.2, 0.25) is 0 Å². The van der Waals surface area contributed by atoms with Crippen molar-refractivity contribution in [2.75, 3.05) is 26.4 Å². The second kappa shape index (κ2) is 11.2. The van der Waals surface area contributed by atoms with Crippen LogP contribution in [0.25, 0.3) is 0 Å². The summed E-state index contributed by atoms with van der Waals surface area (Å²) in [5.41, 5.74) is 0. The van der Waals surface area contributed by atoms with Gasteiger partial charge in [-0.15, -0.1) is 20.4 Å². The van der Waals surface area contributed by atoms with Crippen LogP contribution in [0, 0.1) is 0 Å². The molecule has 29 heavy (non-hydrogen) atoms. The summed E-state index contributed by atoms with van der Waals surface area (Å²) in [6.07, 6.45) is 11.8. The highest BCUT2D eigenvalue weighted by Gasteiger charge is 2.23. The third kappa shape index (κ3) is 5.71. The quantitative estimate of drug-likeness (QED) is 0.263. The number of nitrogens with one attached hydrogen (secondary N) is 2. The zero-order valence-corrected chi connectivity index (χ0v) is 18.6. The van der Waals surface area contributed by atoms with Crippen molar-refractivity contribution < 1.29 is 0 Å². The van der Waals surface area contributed by atoms with E-state index < -0.39 is 0 Å². The number of rotatable bonds is 10. The summed E-state index contributed by atoms with van der Waals surface area (Å²) in [5.74, 6) is 2.94. The Morgan fingerprint density at radius 1 is 1.17 bits per heavy atom. The monoisotopic (exact) mass is 419 g/mol. The Hall–Kier alpha value is -2.10. The van der Waals surface area contributed by atoms with Crippen molar-refractivity contribution in [2.24, 2.45) is 4.99 Å². The van der Waals surface area contributed by atoms with Gasteiger partial charge in [-0.05, 0) is 25.5 Å². The molecule has 0 amide bonds. The first-order chi connectivity index (χ1) is 14.3. The first-order valence-electron chi connectivity index (χ1n) is 10.6. The lowest BCUT2D eigenvalue weighted by Gasteiger charge is -2.16. The van der Waals surface area contributed by atoms with E-state index in [0.717, 1.165) is 61.7 Å². The van der Waals surface area contributed by atoms with Crippen LogP contribution in [0.1, 0.15) is 56.7 Å². The molecule has 2 aromatic heterocycles. The second-order valence-corrected chi connectivity index (χ2v) is 8.01. The Bertz CT molecular complexity index is 776. The van der Waals surface area contributed by atoms with E-state index in [1.165, 1.54) is 25.7 Å². The van der Waals surface area contributed by atoms with Crippen LogP contribution in [-0.2, 0) is 19.4 Å². The molecule has 0 spiro atoms. The number of hydrogen-bond acceptors (Lipinski definition) is 6. The smallest absolute Gasteiger partial charge is 0.191 e. The second-order valence-electron chi connectivity index (χ2n) is 7.23. The normalized spacial score (nSPS) is 15.2. The molecule has 0 aliphatic heterocycles. The lowest BCUT2D eigenvalue weighted by Crippen LogP contribution is -2.39. The van der Waals surface area contributed by atoms with Crippen molar-refractivity contribution in [3.8, 4) is 0 Å². The Balaban J connectivity index is 1.42. The molecule has 9 nitrogen and oxygen atoms in total. The molecule has 1 aliphatic rings. The maximum Gasteiger partial charge on any atom is 0.191 e. The van der Waals surface area contributed by atoms with E-state index in [1.54, 1.807) is 25.1 Å². The Kier molecular flexibility index (Phi) is 8.33. The van der Waals surface area contributed by atoms with Crippen LogP contribution in [0.15, 0.2) is 16.5 Å². The van der Waals surface area contributed by atoms with Gasteiger partial charge in [0.15, 0.2) is 11.1 Å². The highest BCUT2D eigenvalue weighted by atomic mass is 32.2.